The molecule has 17 nitrogen and oxygen atoms in total. The van der Waals surface area contributed by atoms with Gasteiger partial charge in [-0.1, -0.05) is 25.1 Å². The Labute approximate surface area is 421 Å². The molecule has 1 atom stereocenters. The zero-order valence-corrected chi connectivity index (χ0v) is 43.0. The number of aromatic nitrogens is 3. The number of hydrogen-bond acceptors (Lipinski definition) is 14. The Hall–Kier alpha value is -6.10. The van der Waals surface area contributed by atoms with Crippen molar-refractivity contribution in [3.8, 4) is 5.75 Å². The summed E-state index contributed by atoms with van der Waals surface area (Å²) in [6, 6.07) is 17.7. The minimum Gasteiger partial charge on any atom is -0.494 e. The monoisotopic (exact) mass is 1040 g/mol. The summed E-state index contributed by atoms with van der Waals surface area (Å²) >= 11 is 3.61. The van der Waals surface area contributed by atoms with E-state index in [4.69, 9.17) is 9.72 Å². The molecule has 7 heterocycles. The number of aryl methyl sites for hydroxylation is 1. The number of para-hydroxylation sites is 1. The van der Waals surface area contributed by atoms with Gasteiger partial charge in [-0.25, -0.2) is 4.98 Å². The Balaban J connectivity index is 0.682. The number of benzene rings is 3. The molecule has 6 aliphatic rings. The predicted molar refractivity (Wildman–Crippen MR) is 278 cm³/mol. The maximum Gasteiger partial charge on any atom is 0.255 e. The van der Waals surface area contributed by atoms with Crippen molar-refractivity contribution in [2.24, 2.45) is 5.92 Å². The number of carbonyl (C=O) groups is 4. The number of nitrogens with one attached hydrogen (secondary N) is 3. The normalized spacial score (nSPS) is 20.6. The number of anilines is 6. The van der Waals surface area contributed by atoms with Crippen LogP contribution in [-0.2, 0) is 30.9 Å². The first-order valence-corrected chi connectivity index (χ1v) is 28.2. The lowest BCUT2D eigenvalue weighted by molar-refractivity contribution is -0.139. The SMILES string of the molecule is CCc1cc(Nc2ncc(Br)c(Nc3cnc4ccccc4c3P(C)(C)=O)n2)c(OC)cc1N1CCC(N2CCN(C(=O)C3CN(c4ccc5c(c4)C4(CC4)N(C4CCC(=O)NC4=O)C5=O)C3)CC2)CC1. The van der Waals surface area contributed by atoms with Crippen LogP contribution in [0.25, 0.3) is 10.9 Å². The van der Waals surface area contributed by atoms with E-state index in [1.165, 1.54) is 5.56 Å². The van der Waals surface area contributed by atoms with Gasteiger partial charge in [-0.2, -0.15) is 4.98 Å². The molecule has 71 heavy (non-hydrogen) atoms. The minimum absolute atomic E-state index is 0.0655. The molecule has 1 aliphatic carbocycles. The number of piperidine rings is 2. The van der Waals surface area contributed by atoms with Crippen molar-refractivity contribution in [1.29, 1.82) is 0 Å². The van der Waals surface area contributed by atoms with Gasteiger partial charge in [0, 0.05) is 105 Å². The number of halogens is 1. The number of amides is 4. The van der Waals surface area contributed by atoms with Gasteiger partial charge in [-0.05, 0) is 109 Å². The van der Waals surface area contributed by atoms with Crippen LogP contribution in [0.4, 0.5) is 34.5 Å². The molecule has 370 valence electrons. The first-order valence-electron chi connectivity index (χ1n) is 24.8. The van der Waals surface area contributed by atoms with Crippen molar-refractivity contribution in [3.05, 3.63) is 88.2 Å². The summed E-state index contributed by atoms with van der Waals surface area (Å²) in [7, 11) is -1.05. The van der Waals surface area contributed by atoms with Crippen LogP contribution in [0.15, 0.2) is 71.5 Å². The van der Waals surface area contributed by atoms with Crippen LogP contribution < -0.4 is 35.8 Å². The second kappa shape index (κ2) is 18.5. The average molecular weight is 1040 g/mol. The number of ether oxygens (including phenoxy) is 1. The number of nitrogens with zero attached hydrogens (tertiary/aromatic N) is 8. The highest BCUT2D eigenvalue weighted by Crippen LogP contribution is 2.58. The minimum atomic E-state index is -2.73. The van der Waals surface area contributed by atoms with Crippen molar-refractivity contribution < 1.29 is 28.5 Å². The highest BCUT2D eigenvalue weighted by molar-refractivity contribution is 9.10. The van der Waals surface area contributed by atoms with Crippen LogP contribution in [0.3, 0.4) is 0 Å². The number of pyridine rings is 1. The molecule has 1 spiro atoms. The molecule has 5 aliphatic heterocycles. The standard InChI is InChI=1S/C52H59BrN11O6P/c1-5-31-24-40(57-51-55-27-38(53)47(59-51)56-41-28-54-39-9-7-6-8-36(39)46(41)71(3,4)69)44(70-2)26-43(31)61-18-14-33(15-19-61)60-20-22-62(23-21-60)49(67)32-29-63(30-32)34-10-11-35-37(25-34)52(16-17-52)64(50(35)68)42-12-13-45(65)58-48(42)66/h6-11,24-28,32-33,42H,5,12-23,29-30H2,1-4H3,(H,58,65,66)(H2,55,56,57,59). The van der Waals surface area contributed by atoms with Gasteiger partial charge in [-0.15, -0.1) is 0 Å². The summed E-state index contributed by atoms with van der Waals surface area (Å²) in [6.07, 6.45) is 8.44. The van der Waals surface area contributed by atoms with Crippen molar-refractivity contribution in [2.75, 3.05) is 93.2 Å². The molecule has 11 rings (SSSR count). The van der Waals surface area contributed by atoms with Gasteiger partial charge in [0.25, 0.3) is 5.91 Å². The van der Waals surface area contributed by atoms with E-state index in [0.29, 0.717) is 58.8 Å². The van der Waals surface area contributed by atoms with Crippen molar-refractivity contribution in [2.45, 2.75) is 69.5 Å². The fourth-order valence-electron chi connectivity index (χ4n) is 11.7. The van der Waals surface area contributed by atoms with E-state index in [-0.39, 0.29) is 36.0 Å². The highest BCUT2D eigenvalue weighted by Gasteiger charge is 2.61. The van der Waals surface area contributed by atoms with E-state index in [2.05, 4.69) is 81.7 Å². The van der Waals surface area contributed by atoms with Crippen molar-refractivity contribution in [3.63, 3.8) is 0 Å². The Morgan fingerprint density at radius 3 is 2.37 bits per heavy atom. The van der Waals surface area contributed by atoms with E-state index < -0.39 is 18.7 Å². The topological polar surface area (TPSA) is 186 Å². The van der Waals surface area contributed by atoms with Crippen LogP contribution in [0.2, 0.25) is 0 Å². The fraction of sp³-hybridized carbons (Fsp3) is 0.442. The van der Waals surface area contributed by atoms with Crippen molar-refractivity contribution >= 4 is 97.4 Å². The summed E-state index contributed by atoms with van der Waals surface area (Å²) in [5, 5.41) is 10.8. The van der Waals surface area contributed by atoms with Gasteiger partial charge in [0.1, 0.15) is 24.8 Å². The maximum absolute atomic E-state index is 13.8. The molecule has 1 saturated carbocycles. The fourth-order valence-corrected chi connectivity index (χ4v) is 13.4. The number of piperazine rings is 1. The van der Waals surface area contributed by atoms with Gasteiger partial charge < -0.3 is 39.5 Å². The zero-order valence-electron chi connectivity index (χ0n) is 40.5. The van der Waals surface area contributed by atoms with Crippen LogP contribution in [-0.4, -0.2) is 138 Å². The number of imide groups is 1. The second-order valence-electron chi connectivity index (χ2n) is 20.1. The first kappa shape index (κ1) is 47.2. The average Bonchev–Trinajstić information content (AvgIpc) is 4.12. The molecule has 19 heteroatoms. The lowest BCUT2D eigenvalue weighted by Gasteiger charge is -2.46. The Bertz CT molecular complexity index is 3030. The molecular weight excluding hydrogens is 986 g/mol. The summed E-state index contributed by atoms with van der Waals surface area (Å²) in [5.74, 6) is 0.901. The molecule has 3 N–H and O–H groups in total. The molecule has 0 bridgehead atoms. The number of hydrogen-bond donors (Lipinski definition) is 3. The third kappa shape index (κ3) is 8.69. The van der Waals surface area contributed by atoms with E-state index in [9.17, 15) is 23.7 Å². The number of carbonyl (C=O) groups excluding carboxylic acids is 4. The maximum atomic E-state index is 13.8. The Kier molecular flexibility index (Phi) is 12.3. The van der Waals surface area contributed by atoms with Crippen LogP contribution in [0.1, 0.15) is 66.9 Å². The molecule has 4 saturated heterocycles. The van der Waals surface area contributed by atoms with E-state index >= 15 is 0 Å². The number of fused-ring (bicyclic) bond motifs is 3. The highest BCUT2D eigenvalue weighted by atomic mass is 79.9. The number of methoxy groups -OCH3 is 1. The third-order valence-electron chi connectivity index (χ3n) is 15.5. The summed E-state index contributed by atoms with van der Waals surface area (Å²) in [6.45, 7) is 12.0. The van der Waals surface area contributed by atoms with Gasteiger partial charge in [0.2, 0.25) is 23.7 Å². The van der Waals surface area contributed by atoms with E-state index in [1.54, 1.807) is 37.7 Å². The summed E-state index contributed by atoms with van der Waals surface area (Å²) < 4.78 is 20.2. The Morgan fingerprint density at radius 2 is 1.66 bits per heavy atom. The van der Waals surface area contributed by atoms with Gasteiger partial charge in [0.05, 0.1) is 46.1 Å². The molecule has 4 amide bonds. The molecule has 1 unspecified atom stereocenters. The van der Waals surface area contributed by atoms with Crippen LogP contribution in [0, 0.1) is 5.92 Å². The lowest BCUT2D eigenvalue weighted by atomic mass is 9.94. The summed E-state index contributed by atoms with van der Waals surface area (Å²) in [4.78, 5) is 77.1. The molecule has 0 radical (unpaired) electrons. The van der Waals surface area contributed by atoms with Crippen LogP contribution >= 0.6 is 23.1 Å². The molecule has 5 aromatic rings. The molecular formula is C52H59BrN11O6P. The lowest BCUT2D eigenvalue weighted by Crippen LogP contribution is -2.59. The van der Waals surface area contributed by atoms with Gasteiger partial charge in [-0.3, -0.25) is 34.4 Å². The summed E-state index contributed by atoms with van der Waals surface area (Å²) in [5.41, 5.74) is 6.63. The second-order valence-corrected chi connectivity index (χ2v) is 24.2. The Morgan fingerprint density at radius 1 is 0.901 bits per heavy atom. The van der Waals surface area contributed by atoms with E-state index in [0.717, 1.165) is 110 Å². The zero-order chi connectivity index (χ0) is 49.3. The molecule has 2 aromatic heterocycles. The van der Waals surface area contributed by atoms with Gasteiger partial charge in [0.15, 0.2) is 0 Å². The third-order valence-corrected chi connectivity index (χ3v) is 17.7. The predicted octanol–water partition coefficient (Wildman–Crippen LogP) is 6.59. The smallest absolute Gasteiger partial charge is 0.255 e. The molecule has 3 aromatic carbocycles. The number of rotatable bonds is 12. The van der Waals surface area contributed by atoms with Gasteiger partial charge >= 0.3 is 0 Å². The largest absolute Gasteiger partial charge is 0.494 e. The van der Waals surface area contributed by atoms with Crippen molar-refractivity contribution in [1.82, 2.24) is 35.0 Å². The first-order chi connectivity index (χ1) is 34.2. The quantitative estimate of drug-likeness (QED) is 0.0898. The van der Waals surface area contributed by atoms with E-state index in [1.807, 2.05) is 41.3 Å². The molecule has 5 fully saturated rings. The van der Waals surface area contributed by atoms with Crippen LogP contribution in [0.5, 0.6) is 5.75 Å².